The Hall–Kier alpha value is -3.77. The van der Waals surface area contributed by atoms with Gasteiger partial charge in [0.1, 0.15) is 0 Å². The van der Waals surface area contributed by atoms with E-state index in [4.69, 9.17) is 22.1 Å². The Bertz CT molecular complexity index is 1680. The zero-order chi connectivity index (χ0) is 33.7. The number of benzene rings is 3. The number of nitrogens with one attached hydrogen (secondary N) is 1. The largest absolute Gasteiger partial charge is 0.399 e. The summed E-state index contributed by atoms with van der Waals surface area (Å²) in [5.74, 6) is -1.36. The van der Waals surface area contributed by atoms with Crippen LogP contribution in [0.15, 0.2) is 66.7 Å². The van der Waals surface area contributed by atoms with Crippen molar-refractivity contribution in [2.45, 2.75) is 69.1 Å². The Morgan fingerprint density at radius 1 is 1.13 bits per heavy atom. The minimum atomic E-state index is -3.47. The Balaban J connectivity index is 1.27. The van der Waals surface area contributed by atoms with Crippen LogP contribution in [0.4, 0.5) is 21.2 Å². The second-order valence-electron chi connectivity index (χ2n) is 13.4. The van der Waals surface area contributed by atoms with Crippen LogP contribution in [0.1, 0.15) is 47.7 Å². The van der Waals surface area contributed by atoms with Gasteiger partial charge in [-0.1, -0.05) is 30.7 Å². The van der Waals surface area contributed by atoms with Crippen LogP contribution in [0.5, 0.6) is 0 Å². The number of carbonyl (C=O) groups is 3. The van der Waals surface area contributed by atoms with E-state index >= 15 is 4.11 Å². The van der Waals surface area contributed by atoms with Crippen LogP contribution in [0.2, 0.25) is 23.7 Å². The summed E-state index contributed by atoms with van der Waals surface area (Å²) >= 11 is 6.49. The number of carbonyl (C=O) groups excluding carboxylic acids is 3. The summed E-state index contributed by atoms with van der Waals surface area (Å²) in [5.41, 5.74) is 7.21. The van der Waals surface area contributed by atoms with Gasteiger partial charge in [0.2, 0.25) is 14.3 Å². The number of fused-ring (bicyclic) bond motifs is 2. The van der Waals surface area contributed by atoms with Gasteiger partial charge >= 0.3 is 0 Å². The highest BCUT2D eigenvalue weighted by Gasteiger charge is 2.67. The molecule has 3 aromatic rings. The number of amides is 3. The first-order chi connectivity index (χ1) is 22.3. The molecule has 0 unspecified atom stereocenters. The highest BCUT2D eigenvalue weighted by molar-refractivity contribution is 6.72. The van der Waals surface area contributed by atoms with Gasteiger partial charge in [0.15, 0.2) is 5.60 Å². The second kappa shape index (κ2) is 12.7. The van der Waals surface area contributed by atoms with Gasteiger partial charge in [0.25, 0.3) is 11.8 Å². The Labute approximate surface area is 280 Å². The molecule has 3 aliphatic heterocycles. The highest BCUT2D eigenvalue weighted by Crippen LogP contribution is 2.60. The molecule has 6 rings (SSSR count). The number of nitrogens with zero attached hydrogens (tertiary/aromatic N) is 2. The molecule has 4 N–H and O–H groups in total. The highest BCUT2D eigenvalue weighted by atomic mass is 35.5. The van der Waals surface area contributed by atoms with Crippen LogP contribution in [-0.4, -0.2) is 61.4 Å². The van der Waals surface area contributed by atoms with Gasteiger partial charge in [-0.2, -0.15) is 0 Å². The van der Waals surface area contributed by atoms with Gasteiger partial charge in [-0.15, -0.1) is 0 Å². The maximum Gasteiger partial charge on any atom is 0.264 e. The first-order valence-corrected chi connectivity index (χ1v) is 19.3. The fourth-order valence-corrected chi connectivity index (χ4v) is 10.4. The zero-order valence-electron chi connectivity index (χ0n) is 26.7. The number of nitrogens with two attached hydrogens (primary N) is 1. The van der Waals surface area contributed by atoms with Gasteiger partial charge in [0, 0.05) is 45.5 Å². The predicted octanol–water partition coefficient (Wildman–Crippen LogP) is 5.87. The van der Waals surface area contributed by atoms with Crippen molar-refractivity contribution in [2.24, 2.45) is 5.92 Å². The number of aliphatic hydroxyl groups excluding tert-OH is 1. The van der Waals surface area contributed by atoms with E-state index in [9.17, 15) is 19.5 Å². The van der Waals surface area contributed by atoms with E-state index in [0.29, 0.717) is 39.8 Å². The van der Waals surface area contributed by atoms with Crippen molar-refractivity contribution >= 4 is 54.8 Å². The van der Waals surface area contributed by atoms with Crippen molar-refractivity contribution in [3.05, 3.63) is 88.4 Å². The molecule has 0 aliphatic carbocycles. The molecule has 3 aromatic carbocycles. The normalized spacial score (nSPS) is 25.4. The molecule has 0 aromatic heterocycles. The van der Waals surface area contributed by atoms with E-state index in [1.165, 1.54) is 0 Å². The van der Waals surface area contributed by atoms with Gasteiger partial charge < -0.3 is 34.8 Å². The first-order valence-electron chi connectivity index (χ1n) is 16.0. The monoisotopic (exact) mass is 678 g/mol. The summed E-state index contributed by atoms with van der Waals surface area (Å²) in [6.45, 7) is 5.66. The number of nitrogen functional groups attached to an aromatic ring is 1. The molecule has 3 heterocycles. The third kappa shape index (κ3) is 6.06. The van der Waals surface area contributed by atoms with Gasteiger partial charge in [0.05, 0.1) is 37.4 Å². The SMILES string of the molecule is C[C@H]1[C@H]([Si](C)(C)F)[C@@H](CC(=O)N2CCC[C@H]2CO)O[C@]12C(=O)N(Cc1ccc(NC(=O)c3ccc(N)cc3)cc1)c1ccc(Cl)cc12. The van der Waals surface area contributed by atoms with Gasteiger partial charge in [-0.25, -0.2) is 0 Å². The topological polar surface area (TPSA) is 125 Å². The van der Waals surface area contributed by atoms with E-state index in [1.54, 1.807) is 77.5 Å². The lowest BCUT2D eigenvalue weighted by Crippen LogP contribution is -2.45. The van der Waals surface area contributed by atoms with Gasteiger partial charge in [-0.05, 0) is 86.1 Å². The maximum atomic E-state index is 16.2. The predicted molar refractivity (Wildman–Crippen MR) is 182 cm³/mol. The van der Waals surface area contributed by atoms with Crippen LogP contribution in [0, 0.1) is 5.92 Å². The number of rotatable bonds is 8. The van der Waals surface area contributed by atoms with Crippen molar-refractivity contribution in [3.8, 4) is 0 Å². The van der Waals surface area contributed by atoms with Gasteiger partial charge in [-0.3, -0.25) is 14.4 Å². The molecule has 0 saturated carbocycles. The van der Waals surface area contributed by atoms with Crippen LogP contribution < -0.4 is 16.0 Å². The van der Waals surface area contributed by atoms with E-state index in [2.05, 4.69) is 5.32 Å². The van der Waals surface area contributed by atoms with E-state index in [1.807, 2.05) is 19.1 Å². The molecule has 12 heteroatoms. The molecule has 5 atom stereocenters. The lowest BCUT2D eigenvalue weighted by molar-refractivity contribution is -0.150. The summed E-state index contributed by atoms with van der Waals surface area (Å²) in [5, 5.41) is 13.1. The smallest absolute Gasteiger partial charge is 0.264 e. The summed E-state index contributed by atoms with van der Waals surface area (Å²) in [7, 11) is -3.47. The van der Waals surface area contributed by atoms with Crippen molar-refractivity contribution < 1.29 is 28.3 Å². The van der Waals surface area contributed by atoms with Crippen LogP contribution in [-0.2, 0) is 26.5 Å². The molecule has 47 heavy (non-hydrogen) atoms. The summed E-state index contributed by atoms with van der Waals surface area (Å²) in [6.07, 6.45) is 0.630. The third-order valence-electron chi connectivity index (χ3n) is 9.93. The van der Waals surface area contributed by atoms with E-state index < -0.39 is 31.6 Å². The number of hydrogen-bond donors (Lipinski definition) is 3. The van der Waals surface area contributed by atoms with Crippen LogP contribution in [0.3, 0.4) is 0 Å². The molecule has 3 amide bonds. The fourth-order valence-electron chi connectivity index (χ4n) is 7.73. The molecule has 0 radical (unpaired) electrons. The summed E-state index contributed by atoms with van der Waals surface area (Å²) in [4.78, 5) is 44.1. The number of hydrogen-bond acceptors (Lipinski definition) is 6. The molecule has 2 fully saturated rings. The molecule has 3 aliphatic rings. The van der Waals surface area contributed by atoms with Crippen molar-refractivity contribution in [1.82, 2.24) is 4.90 Å². The standard InChI is InChI=1S/C35H40ClFN4O5Si/c1-21-32(47(2,3)37)30(18-31(43)40-16-4-5-27(40)20-42)46-35(21)28-17-24(36)10-15-29(28)41(34(35)45)19-22-6-13-26(14-7-22)39-33(44)23-8-11-25(38)12-9-23/h6-15,17,21,27,30,32,42H,4-5,16,18-20,38H2,1-3H3,(H,39,44)/t21-,27-,30+,32-,35+/m0/s1. The molecule has 9 nitrogen and oxygen atoms in total. The number of ether oxygens (including phenoxy) is 1. The Morgan fingerprint density at radius 2 is 1.83 bits per heavy atom. The molecular weight excluding hydrogens is 639 g/mol. The minimum absolute atomic E-state index is 0.0691. The van der Waals surface area contributed by atoms with Crippen molar-refractivity contribution in [1.29, 1.82) is 0 Å². The quantitative estimate of drug-likeness (QED) is 0.156. The molecule has 0 bridgehead atoms. The average Bonchev–Trinajstić information content (AvgIpc) is 3.69. The van der Waals surface area contributed by atoms with E-state index in [0.717, 1.165) is 18.4 Å². The molecule has 248 valence electrons. The number of halogens is 2. The van der Waals surface area contributed by atoms with Crippen molar-refractivity contribution in [3.63, 3.8) is 0 Å². The van der Waals surface area contributed by atoms with Crippen molar-refractivity contribution in [2.75, 3.05) is 29.1 Å². The maximum absolute atomic E-state index is 16.2. The third-order valence-corrected chi connectivity index (χ3v) is 12.6. The fraction of sp³-hybridized carbons (Fsp3) is 0.400. The zero-order valence-corrected chi connectivity index (χ0v) is 28.5. The number of anilines is 3. The lowest BCUT2D eigenvalue weighted by Gasteiger charge is -2.31. The molecule has 1 spiro atoms. The summed E-state index contributed by atoms with van der Waals surface area (Å²) in [6, 6.07) is 18.8. The average molecular weight is 679 g/mol. The van der Waals surface area contributed by atoms with Crippen LogP contribution >= 0.6 is 11.6 Å². The lowest BCUT2D eigenvalue weighted by atomic mass is 9.82. The molecular formula is C35H40ClFN4O5Si. The second-order valence-corrected chi connectivity index (χ2v) is 17.6. The number of likely N-dealkylation sites (tertiary alicyclic amines) is 1. The minimum Gasteiger partial charge on any atom is -0.399 e. The summed E-state index contributed by atoms with van der Waals surface area (Å²) < 4.78 is 22.9. The first kappa shape index (κ1) is 33.1. The van der Waals surface area contributed by atoms with Crippen LogP contribution in [0.25, 0.3) is 0 Å². The Morgan fingerprint density at radius 3 is 2.49 bits per heavy atom. The van der Waals surface area contributed by atoms with E-state index in [-0.39, 0.29) is 43.3 Å². The number of aliphatic hydroxyl groups is 1. The Kier molecular flexibility index (Phi) is 8.94. The molecule has 2 saturated heterocycles.